The van der Waals surface area contributed by atoms with Crippen LogP contribution in [-0.4, -0.2) is 6.54 Å². The molecule has 0 aromatic carbocycles. The molecule has 0 radical (unpaired) electrons. The molecule has 0 aliphatic heterocycles. The maximum atomic E-state index is 5.00. The molecule has 0 spiro atoms. The molecule has 1 N–H and O–H groups in total. The fraction of sp³-hybridized carbons (Fsp3) is 0.636. The number of hydrogen-bond acceptors (Lipinski definition) is 2. The molecule has 1 aliphatic carbocycles. The van der Waals surface area contributed by atoms with E-state index < -0.39 is 0 Å². The van der Waals surface area contributed by atoms with Crippen LogP contribution in [0.2, 0.25) is 0 Å². The van der Waals surface area contributed by atoms with Crippen LogP contribution in [0.3, 0.4) is 0 Å². The Labute approximate surface area is 91.5 Å². The summed E-state index contributed by atoms with van der Waals surface area (Å²) in [5, 5.41) is 3.48. The summed E-state index contributed by atoms with van der Waals surface area (Å²) >= 11 is 0. The molecule has 14 heavy (non-hydrogen) atoms. The quantitative estimate of drug-likeness (QED) is 0.817. The molecule has 0 amide bonds. The molecule has 1 aromatic rings. The lowest BCUT2D eigenvalue weighted by Gasteiger charge is -2.12. The Bertz CT molecular complexity index is 254. The molecule has 3 heteroatoms. The smallest absolute Gasteiger partial charge is 0.0947 e. The lowest BCUT2D eigenvalue weighted by molar-refractivity contribution is 0.442. The van der Waals surface area contributed by atoms with E-state index in [2.05, 4.69) is 12.2 Å². The second kappa shape index (κ2) is 4.85. The molecular weight excluding hydrogens is 198 g/mol. The van der Waals surface area contributed by atoms with E-state index in [9.17, 15) is 0 Å². The van der Waals surface area contributed by atoms with Gasteiger partial charge in [-0.05, 0) is 30.7 Å². The molecule has 1 fully saturated rings. The van der Waals surface area contributed by atoms with E-state index in [1.54, 1.807) is 12.5 Å². The van der Waals surface area contributed by atoms with Gasteiger partial charge in [0.05, 0.1) is 12.5 Å². The minimum Gasteiger partial charge on any atom is -0.472 e. The van der Waals surface area contributed by atoms with Crippen LogP contribution in [0.25, 0.3) is 0 Å². The van der Waals surface area contributed by atoms with Gasteiger partial charge in [-0.15, -0.1) is 12.4 Å². The number of halogens is 1. The molecule has 80 valence electrons. The van der Waals surface area contributed by atoms with Crippen molar-refractivity contribution >= 4 is 12.4 Å². The van der Waals surface area contributed by atoms with Gasteiger partial charge >= 0.3 is 0 Å². The van der Waals surface area contributed by atoms with Crippen molar-refractivity contribution in [3.8, 4) is 0 Å². The van der Waals surface area contributed by atoms with Gasteiger partial charge in [0.15, 0.2) is 0 Å². The summed E-state index contributed by atoms with van der Waals surface area (Å²) in [5.41, 5.74) is 1.89. The zero-order valence-corrected chi connectivity index (χ0v) is 9.40. The van der Waals surface area contributed by atoms with Crippen molar-refractivity contribution in [3.05, 3.63) is 24.2 Å². The van der Waals surface area contributed by atoms with Crippen LogP contribution >= 0.6 is 12.4 Å². The van der Waals surface area contributed by atoms with E-state index in [0.29, 0.717) is 5.41 Å². The van der Waals surface area contributed by atoms with E-state index in [-0.39, 0.29) is 12.4 Å². The Morgan fingerprint density at radius 2 is 2.29 bits per heavy atom. The van der Waals surface area contributed by atoms with E-state index in [4.69, 9.17) is 4.42 Å². The van der Waals surface area contributed by atoms with Crippen molar-refractivity contribution < 1.29 is 4.42 Å². The average Bonchev–Trinajstić information content (AvgIpc) is 2.74. The lowest BCUT2D eigenvalue weighted by Crippen LogP contribution is -2.22. The van der Waals surface area contributed by atoms with Gasteiger partial charge in [0, 0.05) is 18.7 Å². The van der Waals surface area contributed by atoms with E-state index in [1.807, 2.05) is 6.07 Å². The van der Waals surface area contributed by atoms with Crippen molar-refractivity contribution in [1.82, 2.24) is 5.32 Å². The molecule has 1 saturated carbocycles. The molecule has 1 heterocycles. The molecule has 2 nitrogen and oxygen atoms in total. The number of hydrogen-bond donors (Lipinski definition) is 1. The van der Waals surface area contributed by atoms with Crippen molar-refractivity contribution in [2.45, 2.75) is 32.7 Å². The topological polar surface area (TPSA) is 25.2 Å². The molecule has 1 aromatic heterocycles. The molecule has 0 unspecified atom stereocenters. The molecular formula is C11H18ClNO. The largest absolute Gasteiger partial charge is 0.472 e. The van der Waals surface area contributed by atoms with Gasteiger partial charge in [0.2, 0.25) is 0 Å². The Morgan fingerprint density at radius 3 is 2.79 bits per heavy atom. The monoisotopic (exact) mass is 215 g/mol. The third kappa shape index (κ3) is 2.76. The van der Waals surface area contributed by atoms with Crippen molar-refractivity contribution in [1.29, 1.82) is 0 Å². The summed E-state index contributed by atoms with van der Waals surface area (Å²) in [6, 6.07) is 2.01. The molecule has 2 rings (SSSR count). The number of furan rings is 1. The Balaban J connectivity index is 0.000000980. The first-order valence-electron chi connectivity index (χ1n) is 5.06. The average molecular weight is 216 g/mol. The van der Waals surface area contributed by atoms with Crippen molar-refractivity contribution in [2.75, 3.05) is 6.54 Å². The van der Waals surface area contributed by atoms with Crippen LogP contribution in [0.5, 0.6) is 0 Å². The Morgan fingerprint density at radius 1 is 1.50 bits per heavy atom. The zero-order valence-electron chi connectivity index (χ0n) is 8.58. The van der Waals surface area contributed by atoms with Crippen LogP contribution < -0.4 is 5.32 Å². The Kier molecular flexibility index (Phi) is 4.02. The van der Waals surface area contributed by atoms with E-state index >= 15 is 0 Å². The first-order chi connectivity index (χ1) is 6.35. The van der Waals surface area contributed by atoms with Crippen LogP contribution in [0.1, 0.15) is 31.7 Å². The van der Waals surface area contributed by atoms with Gasteiger partial charge in [-0.25, -0.2) is 0 Å². The normalized spacial score (nSPS) is 17.5. The second-order valence-electron chi connectivity index (χ2n) is 4.09. The highest BCUT2D eigenvalue weighted by atomic mass is 35.5. The molecule has 0 atom stereocenters. The van der Waals surface area contributed by atoms with Crippen LogP contribution in [0, 0.1) is 5.41 Å². The van der Waals surface area contributed by atoms with Crippen molar-refractivity contribution in [2.24, 2.45) is 5.41 Å². The highest BCUT2D eigenvalue weighted by Gasteiger charge is 2.39. The lowest BCUT2D eigenvalue weighted by atomic mass is 10.0. The first-order valence-corrected chi connectivity index (χ1v) is 5.06. The highest BCUT2D eigenvalue weighted by Crippen LogP contribution is 2.47. The minimum absolute atomic E-state index is 0. The second-order valence-corrected chi connectivity index (χ2v) is 4.09. The zero-order chi connectivity index (χ0) is 9.15. The van der Waals surface area contributed by atoms with Crippen LogP contribution in [0.15, 0.2) is 23.0 Å². The summed E-state index contributed by atoms with van der Waals surface area (Å²) in [4.78, 5) is 0. The molecule has 0 saturated heterocycles. The number of rotatable bonds is 5. The van der Waals surface area contributed by atoms with Gasteiger partial charge in [0.1, 0.15) is 0 Å². The summed E-state index contributed by atoms with van der Waals surface area (Å²) in [5.74, 6) is 0. The predicted molar refractivity (Wildman–Crippen MR) is 59.6 cm³/mol. The number of nitrogens with one attached hydrogen (secondary N) is 1. The predicted octanol–water partition coefficient (Wildman–Crippen LogP) is 2.98. The van der Waals surface area contributed by atoms with Gasteiger partial charge < -0.3 is 9.73 Å². The van der Waals surface area contributed by atoms with Crippen LogP contribution in [0.4, 0.5) is 0 Å². The summed E-state index contributed by atoms with van der Waals surface area (Å²) in [7, 11) is 0. The fourth-order valence-corrected chi connectivity index (χ4v) is 1.70. The van der Waals surface area contributed by atoms with Gasteiger partial charge in [-0.2, -0.15) is 0 Å². The third-order valence-corrected chi connectivity index (χ3v) is 3.12. The fourth-order valence-electron chi connectivity index (χ4n) is 1.70. The first kappa shape index (κ1) is 11.6. The Hall–Kier alpha value is -0.470. The van der Waals surface area contributed by atoms with Crippen LogP contribution in [-0.2, 0) is 6.54 Å². The summed E-state index contributed by atoms with van der Waals surface area (Å²) in [6.45, 7) is 4.39. The highest BCUT2D eigenvalue weighted by molar-refractivity contribution is 5.85. The molecule has 0 bridgehead atoms. The minimum atomic E-state index is 0. The summed E-state index contributed by atoms with van der Waals surface area (Å²) < 4.78 is 5.00. The molecule has 1 aliphatic rings. The third-order valence-electron chi connectivity index (χ3n) is 3.12. The standard InChI is InChI=1S/C11H17NO.ClH/c1-2-11(4-5-11)9-12-7-10-3-6-13-8-10;/h3,6,8,12H,2,4-5,7,9H2,1H3;1H. The van der Waals surface area contributed by atoms with Crippen molar-refractivity contribution in [3.63, 3.8) is 0 Å². The summed E-state index contributed by atoms with van der Waals surface area (Å²) in [6.07, 6.45) is 7.65. The SMILES string of the molecule is CCC1(CNCc2ccoc2)CC1.Cl. The van der Waals surface area contributed by atoms with E-state index in [1.165, 1.54) is 24.8 Å². The van der Waals surface area contributed by atoms with Gasteiger partial charge in [-0.3, -0.25) is 0 Å². The van der Waals surface area contributed by atoms with Gasteiger partial charge in [-0.1, -0.05) is 6.92 Å². The van der Waals surface area contributed by atoms with Gasteiger partial charge in [0.25, 0.3) is 0 Å². The maximum absolute atomic E-state index is 5.00. The maximum Gasteiger partial charge on any atom is 0.0947 e. The van der Waals surface area contributed by atoms with E-state index in [0.717, 1.165) is 13.1 Å².